The van der Waals surface area contributed by atoms with E-state index in [1.54, 1.807) is 6.08 Å². The Kier molecular flexibility index (Phi) is 6.30. The van der Waals surface area contributed by atoms with Gasteiger partial charge in [-0.25, -0.2) is 0 Å². The van der Waals surface area contributed by atoms with Crippen LogP contribution in [0.15, 0.2) is 64.3 Å². The van der Waals surface area contributed by atoms with Crippen LogP contribution in [0.1, 0.15) is 36.5 Å². The van der Waals surface area contributed by atoms with Gasteiger partial charge in [-0.3, -0.25) is 10.2 Å². The number of benzene rings is 2. The van der Waals surface area contributed by atoms with Crippen LogP contribution in [-0.2, 0) is 11.3 Å². The Hall–Kier alpha value is -3.65. The van der Waals surface area contributed by atoms with Crippen LogP contribution in [0.25, 0.3) is 17.0 Å². The Morgan fingerprint density at radius 1 is 1.14 bits per heavy atom. The molecule has 35 heavy (non-hydrogen) atoms. The summed E-state index contributed by atoms with van der Waals surface area (Å²) < 4.78 is 8.13. The lowest BCUT2D eigenvalue weighted by atomic mass is 10.1. The first-order valence-electron chi connectivity index (χ1n) is 11.7. The molecule has 0 spiro atoms. The molecule has 0 aliphatic carbocycles. The van der Waals surface area contributed by atoms with Gasteiger partial charge in [0, 0.05) is 29.2 Å². The minimum atomic E-state index is -0.403. The number of thioether (sulfide) groups is 1. The van der Waals surface area contributed by atoms with E-state index in [4.69, 9.17) is 10.1 Å². The van der Waals surface area contributed by atoms with Gasteiger partial charge in [-0.15, -0.1) is 0 Å². The van der Waals surface area contributed by atoms with Crippen molar-refractivity contribution < 1.29 is 9.53 Å². The van der Waals surface area contributed by atoms with Crippen LogP contribution in [0.5, 0.6) is 5.75 Å². The molecule has 2 aliphatic rings. The van der Waals surface area contributed by atoms with Gasteiger partial charge in [-0.2, -0.15) is 15.1 Å². The highest BCUT2D eigenvalue weighted by molar-refractivity contribution is 8.26. The molecule has 2 aromatic carbocycles. The molecule has 1 aromatic heterocycles. The maximum atomic E-state index is 12.8. The molecule has 0 saturated carbocycles. The lowest BCUT2D eigenvalue weighted by Crippen LogP contribution is -2.35. The number of hydrogen-bond acceptors (Lipinski definition) is 5. The van der Waals surface area contributed by atoms with Gasteiger partial charge >= 0.3 is 0 Å². The number of ether oxygens (including phenoxy) is 1. The molecule has 2 aliphatic heterocycles. The van der Waals surface area contributed by atoms with E-state index in [1.807, 2.05) is 37.4 Å². The Morgan fingerprint density at radius 3 is 2.77 bits per heavy atom. The lowest BCUT2D eigenvalue weighted by Gasteiger charge is -2.20. The molecule has 1 amide bonds. The van der Waals surface area contributed by atoms with Crippen molar-refractivity contribution in [1.29, 1.82) is 5.41 Å². The van der Waals surface area contributed by atoms with E-state index in [0.717, 1.165) is 46.6 Å². The number of nitrogens with one attached hydrogen (secondary N) is 1. The number of nitrogens with zero attached hydrogens (tertiary/aromatic N) is 4. The van der Waals surface area contributed by atoms with Gasteiger partial charge in [-0.1, -0.05) is 31.2 Å². The zero-order valence-corrected chi connectivity index (χ0v) is 20.9. The second-order valence-electron chi connectivity index (χ2n) is 8.61. The molecule has 0 bridgehead atoms. The fraction of sp³-hybridized carbons (Fsp3) is 0.259. The van der Waals surface area contributed by atoms with E-state index in [9.17, 15) is 4.79 Å². The molecule has 0 atom stereocenters. The summed E-state index contributed by atoms with van der Waals surface area (Å²) in [5.41, 5.74) is 4.68. The first-order valence-corrected chi connectivity index (χ1v) is 12.5. The SMILES string of the molecule is CCC1=NN2C(=N)/C(=C/c3cn(CCCOc4ccc(C)c(C)c4)c4ccccc34)C(=O)N=C2S1. The number of hydrogen-bond donors (Lipinski definition) is 1. The van der Waals surface area contributed by atoms with Crippen molar-refractivity contribution >= 4 is 50.7 Å². The normalized spacial score (nSPS) is 16.7. The monoisotopic (exact) mass is 485 g/mol. The zero-order valence-electron chi connectivity index (χ0n) is 20.0. The van der Waals surface area contributed by atoms with E-state index in [-0.39, 0.29) is 11.4 Å². The van der Waals surface area contributed by atoms with Gasteiger partial charge in [0.25, 0.3) is 5.91 Å². The second-order valence-corrected chi connectivity index (χ2v) is 9.65. The van der Waals surface area contributed by atoms with Gasteiger partial charge in [-0.05, 0) is 73.9 Å². The van der Waals surface area contributed by atoms with Crippen LogP contribution in [0, 0.1) is 19.3 Å². The van der Waals surface area contributed by atoms with Gasteiger partial charge in [0.05, 0.1) is 12.2 Å². The number of amidine groups is 2. The van der Waals surface area contributed by atoms with Crippen LogP contribution in [0.3, 0.4) is 0 Å². The first kappa shape index (κ1) is 23.1. The summed E-state index contributed by atoms with van der Waals surface area (Å²) in [6.07, 6.45) is 5.37. The predicted octanol–water partition coefficient (Wildman–Crippen LogP) is 5.76. The average Bonchev–Trinajstić information content (AvgIpc) is 3.43. The van der Waals surface area contributed by atoms with Crippen LogP contribution in [0.2, 0.25) is 0 Å². The number of aromatic nitrogens is 1. The number of para-hydroxylation sites is 1. The molecule has 178 valence electrons. The van der Waals surface area contributed by atoms with Crippen molar-refractivity contribution in [1.82, 2.24) is 9.58 Å². The molecule has 3 heterocycles. The third-order valence-corrected chi connectivity index (χ3v) is 7.26. The third kappa shape index (κ3) is 4.53. The van der Waals surface area contributed by atoms with E-state index in [0.29, 0.717) is 11.8 Å². The molecule has 8 heteroatoms. The standard InChI is InChI=1S/C27H27N5O2S/c1-4-24-30-32-25(28)22(26(33)29-27(32)35-24)15-19-16-31(23-9-6-5-8-21(19)23)12-7-13-34-20-11-10-17(2)18(3)14-20/h5-6,8-11,14-16,28H,4,7,12-13H2,1-3H3/b22-15-,28-25?. The van der Waals surface area contributed by atoms with Crippen molar-refractivity contribution in [3.05, 3.63) is 70.9 Å². The van der Waals surface area contributed by atoms with E-state index < -0.39 is 5.91 Å². The minimum Gasteiger partial charge on any atom is -0.494 e. The Balaban J connectivity index is 1.36. The largest absolute Gasteiger partial charge is 0.494 e. The Morgan fingerprint density at radius 2 is 1.97 bits per heavy atom. The average molecular weight is 486 g/mol. The Bertz CT molecular complexity index is 1430. The summed E-state index contributed by atoms with van der Waals surface area (Å²) in [6.45, 7) is 7.56. The molecule has 1 N–H and O–H groups in total. The van der Waals surface area contributed by atoms with E-state index >= 15 is 0 Å². The number of aryl methyl sites for hydroxylation is 3. The van der Waals surface area contributed by atoms with Crippen molar-refractivity contribution in [3.63, 3.8) is 0 Å². The zero-order chi connectivity index (χ0) is 24.5. The molecule has 7 nitrogen and oxygen atoms in total. The molecule has 0 saturated heterocycles. The van der Waals surface area contributed by atoms with Crippen LogP contribution >= 0.6 is 11.8 Å². The van der Waals surface area contributed by atoms with Crippen molar-refractivity contribution in [2.45, 2.75) is 40.2 Å². The van der Waals surface area contributed by atoms with Crippen molar-refractivity contribution in [3.8, 4) is 5.75 Å². The number of aliphatic imine (C=N–C) groups is 1. The highest BCUT2D eigenvalue weighted by atomic mass is 32.2. The number of hydrazone groups is 1. The molecule has 0 unspecified atom stereocenters. The number of fused-ring (bicyclic) bond motifs is 2. The smallest absolute Gasteiger partial charge is 0.283 e. The third-order valence-electron chi connectivity index (χ3n) is 6.21. The summed E-state index contributed by atoms with van der Waals surface area (Å²) in [5, 5.41) is 16.8. The summed E-state index contributed by atoms with van der Waals surface area (Å²) in [5.74, 6) is 0.550. The van der Waals surface area contributed by atoms with Gasteiger partial charge < -0.3 is 9.30 Å². The summed E-state index contributed by atoms with van der Waals surface area (Å²) >= 11 is 1.35. The molecule has 0 radical (unpaired) electrons. The molecule has 0 fully saturated rings. The maximum Gasteiger partial charge on any atom is 0.283 e. The fourth-order valence-electron chi connectivity index (χ4n) is 4.13. The Labute approximate surface area is 208 Å². The highest BCUT2D eigenvalue weighted by Gasteiger charge is 2.35. The predicted molar refractivity (Wildman–Crippen MR) is 143 cm³/mol. The minimum absolute atomic E-state index is 0.0644. The number of amides is 1. The summed E-state index contributed by atoms with van der Waals surface area (Å²) in [4.78, 5) is 16.9. The fourth-order valence-corrected chi connectivity index (χ4v) is 4.96. The second kappa shape index (κ2) is 9.54. The number of carbonyl (C=O) groups is 1. The highest BCUT2D eigenvalue weighted by Crippen LogP contribution is 2.31. The molecule has 3 aromatic rings. The summed E-state index contributed by atoms with van der Waals surface area (Å²) in [7, 11) is 0. The van der Waals surface area contributed by atoms with Crippen LogP contribution < -0.4 is 4.74 Å². The van der Waals surface area contributed by atoms with Crippen molar-refractivity contribution in [2.24, 2.45) is 10.1 Å². The molecule has 5 rings (SSSR count). The number of carbonyl (C=O) groups excluding carboxylic acids is 1. The van der Waals surface area contributed by atoms with Gasteiger partial charge in [0.2, 0.25) is 5.17 Å². The molecular weight excluding hydrogens is 458 g/mol. The molecular formula is C27H27N5O2S. The van der Waals surface area contributed by atoms with Gasteiger partial charge in [0.1, 0.15) is 10.8 Å². The first-order chi connectivity index (χ1) is 16.9. The van der Waals surface area contributed by atoms with Crippen LogP contribution in [-0.4, -0.2) is 38.1 Å². The van der Waals surface area contributed by atoms with Crippen LogP contribution in [0.4, 0.5) is 0 Å². The quantitative estimate of drug-likeness (QED) is 0.341. The van der Waals surface area contributed by atoms with E-state index in [1.165, 1.54) is 27.9 Å². The van der Waals surface area contributed by atoms with Crippen molar-refractivity contribution in [2.75, 3.05) is 6.61 Å². The number of rotatable bonds is 7. The lowest BCUT2D eigenvalue weighted by molar-refractivity contribution is -0.114. The maximum absolute atomic E-state index is 12.8. The summed E-state index contributed by atoms with van der Waals surface area (Å²) in [6, 6.07) is 14.3. The topological polar surface area (TPSA) is 83.0 Å². The van der Waals surface area contributed by atoms with E-state index in [2.05, 4.69) is 46.7 Å². The van der Waals surface area contributed by atoms with Gasteiger partial charge in [0.15, 0.2) is 5.84 Å².